The van der Waals surface area contributed by atoms with Crippen LogP contribution in [0.2, 0.25) is 0 Å². The minimum Gasteiger partial charge on any atom is -0.489 e. The maximum Gasteiger partial charge on any atom is 0.416 e. The molecule has 1 aromatic heterocycles. The Morgan fingerprint density at radius 3 is 2.25 bits per heavy atom. The number of carbonyl (C=O) groups is 1. The Labute approximate surface area is 182 Å². The van der Waals surface area contributed by atoms with Crippen molar-refractivity contribution in [3.63, 3.8) is 0 Å². The summed E-state index contributed by atoms with van der Waals surface area (Å²) in [6, 6.07) is 8.02. The van der Waals surface area contributed by atoms with Crippen molar-refractivity contribution in [1.82, 2.24) is 14.3 Å². The number of benzene rings is 2. The summed E-state index contributed by atoms with van der Waals surface area (Å²) in [7, 11) is 0. The Bertz CT molecular complexity index is 1140. The minimum absolute atomic E-state index is 0.146. The first-order valence-electron chi connectivity index (χ1n) is 9.74. The van der Waals surface area contributed by atoms with Crippen molar-refractivity contribution in [3.05, 3.63) is 75.5 Å². The van der Waals surface area contributed by atoms with E-state index in [1.807, 2.05) is 26.0 Å². The molecule has 0 atom stereocenters. The zero-order valence-electron chi connectivity index (χ0n) is 17.8. The third-order valence-electron chi connectivity index (χ3n) is 4.69. The number of halogens is 3. The maximum absolute atomic E-state index is 12.7. The number of ether oxygens (including phenoxy) is 2. The molecule has 0 aliphatic heterocycles. The molecule has 0 bridgehead atoms. The summed E-state index contributed by atoms with van der Waals surface area (Å²) in [5, 5.41) is 4.08. The molecule has 170 valence electrons. The van der Waals surface area contributed by atoms with Gasteiger partial charge in [0, 0.05) is 6.92 Å². The lowest BCUT2D eigenvalue weighted by atomic mass is 10.1. The van der Waals surface area contributed by atoms with E-state index in [1.165, 1.54) is 34.6 Å². The number of rotatable bonds is 7. The van der Waals surface area contributed by atoms with Gasteiger partial charge in [-0.2, -0.15) is 18.3 Å². The van der Waals surface area contributed by atoms with Crippen LogP contribution >= 0.6 is 0 Å². The summed E-state index contributed by atoms with van der Waals surface area (Å²) in [5.41, 5.74) is 1.53. The molecule has 7 nitrogen and oxygen atoms in total. The van der Waals surface area contributed by atoms with Gasteiger partial charge >= 0.3 is 17.8 Å². The molecule has 0 saturated heterocycles. The van der Waals surface area contributed by atoms with Gasteiger partial charge in [-0.3, -0.25) is 4.79 Å². The molecule has 0 aliphatic rings. The fourth-order valence-corrected chi connectivity index (χ4v) is 3.29. The van der Waals surface area contributed by atoms with Gasteiger partial charge in [-0.05, 0) is 54.8 Å². The Morgan fingerprint density at radius 1 is 1.06 bits per heavy atom. The first-order chi connectivity index (χ1) is 15.1. The lowest BCUT2D eigenvalue weighted by Crippen LogP contribution is -2.24. The summed E-state index contributed by atoms with van der Waals surface area (Å²) < 4.78 is 51.2. The van der Waals surface area contributed by atoms with Gasteiger partial charge < -0.3 is 9.47 Å². The van der Waals surface area contributed by atoms with Crippen LogP contribution in [0.1, 0.15) is 29.2 Å². The van der Waals surface area contributed by atoms with Crippen LogP contribution in [0.25, 0.3) is 5.69 Å². The number of nitrogens with zero attached hydrogens (tertiary/aromatic N) is 3. The number of esters is 1. The monoisotopic (exact) mass is 449 g/mol. The van der Waals surface area contributed by atoms with E-state index < -0.39 is 17.4 Å². The summed E-state index contributed by atoms with van der Waals surface area (Å²) in [6.45, 7) is 5.60. The van der Waals surface area contributed by atoms with Crippen LogP contribution in [0.4, 0.5) is 13.2 Å². The Kier molecular flexibility index (Phi) is 6.71. The van der Waals surface area contributed by atoms with E-state index in [0.29, 0.717) is 5.75 Å². The van der Waals surface area contributed by atoms with E-state index in [9.17, 15) is 22.8 Å². The second-order valence-corrected chi connectivity index (χ2v) is 7.23. The fraction of sp³-hybridized carbons (Fsp3) is 0.318. The van der Waals surface area contributed by atoms with Crippen molar-refractivity contribution in [1.29, 1.82) is 0 Å². The molecule has 3 rings (SSSR count). The van der Waals surface area contributed by atoms with Crippen molar-refractivity contribution in [3.8, 4) is 11.4 Å². The van der Waals surface area contributed by atoms with E-state index in [4.69, 9.17) is 9.47 Å². The predicted octanol–water partition coefficient (Wildman–Crippen LogP) is 3.66. The number of alkyl halides is 3. The molecule has 0 saturated carbocycles. The van der Waals surface area contributed by atoms with Crippen LogP contribution in [-0.2, 0) is 22.3 Å². The molecule has 0 aliphatic carbocycles. The number of carbonyl (C=O) groups excluding carboxylic acids is 1. The predicted molar refractivity (Wildman–Crippen MR) is 110 cm³/mol. The Morgan fingerprint density at radius 2 is 1.69 bits per heavy atom. The lowest BCUT2D eigenvalue weighted by molar-refractivity contribution is -0.141. The average molecular weight is 449 g/mol. The SMILES string of the molecule is CC(=O)OCCOc1c(C)cc(Cn2ncn(-c3ccc(C(F)(F)F)cc3)c2=O)cc1C. The number of aromatic nitrogens is 3. The Hall–Kier alpha value is -3.56. The lowest BCUT2D eigenvalue weighted by Gasteiger charge is -2.14. The highest BCUT2D eigenvalue weighted by atomic mass is 19.4. The highest BCUT2D eigenvalue weighted by Gasteiger charge is 2.30. The van der Waals surface area contributed by atoms with Gasteiger partial charge in [0.1, 0.15) is 25.3 Å². The molecule has 0 fully saturated rings. The quantitative estimate of drug-likeness (QED) is 0.407. The fourth-order valence-electron chi connectivity index (χ4n) is 3.29. The molecule has 1 heterocycles. The summed E-state index contributed by atoms with van der Waals surface area (Å²) in [4.78, 5) is 23.5. The third-order valence-corrected chi connectivity index (χ3v) is 4.69. The molecular formula is C22H22F3N3O4. The highest BCUT2D eigenvalue weighted by Crippen LogP contribution is 2.29. The van der Waals surface area contributed by atoms with Crippen molar-refractivity contribution in [2.45, 2.75) is 33.5 Å². The van der Waals surface area contributed by atoms with Gasteiger partial charge in [0.25, 0.3) is 0 Å². The topological polar surface area (TPSA) is 75.3 Å². The van der Waals surface area contributed by atoms with Crippen molar-refractivity contribution in [2.75, 3.05) is 13.2 Å². The largest absolute Gasteiger partial charge is 0.489 e. The minimum atomic E-state index is -4.44. The molecule has 0 amide bonds. The van der Waals surface area contributed by atoms with Gasteiger partial charge in [0.15, 0.2) is 0 Å². The van der Waals surface area contributed by atoms with Gasteiger partial charge in [-0.1, -0.05) is 12.1 Å². The summed E-state index contributed by atoms with van der Waals surface area (Å²) in [6.07, 6.45) is -3.17. The van der Waals surface area contributed by atoms with Crippen LogP contribution in [0.3, 0.4) is 0 Å². The molecule has 0 radical (unpaired) electrons. The zero-order valence-corrected chi connectivity index (χ0v) is 17.8. The molecular weight excluding hydrogens is 427 g/mol. The van der Waals surface area contributed by atoms with Crippen LogP contribution in [-0.4, -0.2) is 33.5 Å². The van der Waals surface area contributed by atoms with Gasteiger partial charge in [0.2, 0.25) is 0 Å². The Balaban J connectivity index is 1.75. The van der Waals surface area contributed by atoms with Gasteiger partial charge in [-0.15, -0.1) is 0 Å². The maximum atomic E-state index is 12.7. The van der Waals surface area contributed by atoms with Crippen molar-refractivity contribution >= 4 is 5.97 Å². The van der Waals surface area contributed by atoms with E-state index in [1.54, 1.807) is 0 Å². The molecule has 2 aromatic carbocycles. The van der Waals surface area contributed by atoms with Gasteiger partial charge in [-0.25, -0.2) is 14.0 Å². The first-order valence-corrected chi connectivity index (χ1v) is 9.74. The van der Waals surface area contributed by atoms with E-state index in [0.717, 1.165) is 28.8 Å². The molecule has 3 aromatic rings. The second-order valence-electron chi connectivity index (χ2n) is 7.23. The first kappa shape index (κ1) is 23.1. The van der Waals surface area contributed by atoms with Crippen LogP contribution in [0.15, 0.2) is 47.5 Å². The van der Waals surface area contributed by atoms with Gasteiger partial charge in [0.05, 0.1) is 17.8 Å². The average Bonchev–Trinajstić information content (AvgIpc) is 3.06. The van der Waals surface area contributed by atoms with E-state index in [2.05, 4.69) is 5.10 Å². The van der Waals surface area contributed by atoms with Crippen molar-refractivity contribution < 1.29 is 27.4 Å². The highest BCUT2D eigenvalue weighted by molar-refractivity contribution is 5.65. The summed E-state index contributed by atoms with van der Waals surface area (Å²) >= 11 is 0. The number of aryl methyl sites for hydroxylation is 2. The standard InChI is InChI=1S/C22H22F3N3O4/c1-14-10-17(11-15(2)20(14)32-9-8-31-16(3)29)12-28-21(30)27(13-26-28)19-6-4-18(5-7-19)22(23,24)25/h4-7,10-11,13H,8-9,12H2,1-3H3. The molecule has 10 heteroatoms. The molecule has 32 heavy (non-hydrogen) atoms. The molecule has 0 N–H and O–H groups in total. The zero-order chi connectivity index (χ0) is 23.5. The molecule has 0 spiro atoms. The third kappa shape index (κ3) is 5.37. The van der Waals surface area contributed by atoms with E-state index >= 15 is 0 Å². The summed E-state index contributed by atoms with van der Waals surface area (Å²) in [5.74, 6) is 0.294. The van der Waals surface area contributed by atoms with E-state index in [-0.39, 0.29) is 31.4 Å². The van der Waals surface area contributed by atoms with Crippen LogP contribution in [0.5, 0.6) is 5.75 Å². The smallest absolute Gasteiger partial charge is 0.416 e. The van der Waals surface area contributed by atoms with Crippen molar-refractivity contribution in [2.24, 2.45) is 0 Å². The van der Waals surface area contributed by atoms with Crippen LogP contribution in [0, 0.1) is 13.8 Å². The number of hydrogen-bond acceptors (Lipinski definition) is 5. The normalized spacial score (nSPS) is 11.4. The molecule has 0 unspecified atom stereocenters. The van der Waals surface area contributed by atoms with Crippen LogP contribution < -0.4 is 10.4 Å². The second kappa shape index (κ2) is 9.29. The number of hydrogen-bond donors (Lipinski definition) is 0.